The van der Waals surface area contributed by atoms with Gasteiger partial charge in [-0.25, -0.2) is 4.98 Å². The molecule has 1 aromatic rings. The lowest BCUT2D eigenvalue weighted by molar-refractivity contribution is 0.0420. The van der Waals surface area contributed by atoms with E-state index in [1.165, 1.54) is 5.56 Å². The maximum atomic E-state index is 5.75. The number of aliphatic imine (C=N–C) groups is 1. The molecule has 0 aliphatic carbocycles. The number of nitrogens with one attached hydrogen (secondary N) is 2. The Labute approximate surface area is 144 Å². The molecular formula is C17H29N5O2. The zero-order chi connectivity index (χ0) is 17.2. The lowest BCUT2D eigenvalue weighted by Crippen LogP contribution is -2.37. The second-order valence-electron chi connectivity index (χ2n) is 5.98. The number of rotatable bonds is 8. The third-order valence-corrected chi connectivity index (χ3v) is 3.81. The number of guanidine groups is 1. The first kappa shape index (κ1) is 18.5. The van der Waals surface area contributed by atoms with Gasteiger partial charge in [0.25, 0.3) is 0 Å². The molecule has 1 atom stereocenters. The van der Waals surface area contributed by atoms with Gasteiger partial charge in [0.15, 0.2) is 5.96 Å². The lowest BCUT2D eigenvalue weighted by atomic mass is 10.2. The molecule has 1 saturated heterocycles. The van der Waals surface area contributed by atoms with E-state index in [1.54, 1.807) is 7.05 Å². The van der Waals surface area contributed by atoms with Crippen LogP contribution < -0.4 is 15.5 Å². The van der Waals surface area contributed by atoms with Crippen molar-refractivity contribution in [3.05, 3.63) is 23.9 Å². The van der Waals surface area contributed by atoms with Crippen LogP contribution in [0, 0.1) is 0 Å². The molecule has 0 radical (unpaired) electrons. The summed E-state index contributed by atoms with van der Waals surface area (Å²) >= 11 is 0. The fourth-order valence-electron chi connectivity index (χ4n) is 2.39. The zero-order valence-electron chi connectivity index (χ0n) is 14.9. The Balaban J connectivity index is 1.64. The van der Waals surface area contributed by atoms with Gasteiger partial charge in [-0.2, -0.15) is 0 Å². The number of ether oxygens (including phenoxy) is 2. The number of hydrogen-bond acceptors (Lipinski definition) is 5. The highest BCUT2D eigenvalue weighted by Gasteiger charge is 2.15. The summed E-state index contributed by atoms with van der Waals surface area (Å²) < 4.78 is 11.0. The van der Waals surface area contributed by atoms with Crippen LogP contribution in [-0.4, -0.2) is 64.6 Å². The Kier molecular flexibility index (Phi) is 7.77. The number of hydrogen-bond donors (Lipinski definition) is 2. The summed E-state index contributed by atoms with van der Waals surface area (Å²) in [6.45, 7) is 3.83. The van der Waals surface area contributed by atoms with E-state index >= 15 is 0 Å². The van der Waals surface area contributed by atoms with Gasteiger partial charge in [-0.15, -0.1) is 0 Å². The van der Waals surface area contributed by atoms with Gasteiger partial charge >= 0.3 is 0 Å². The second-order valence-corrected chi connectivity index (χ2v) is 5.98. The van der Waals surface area contributed by atoms with Gasteiger partial charge in [0, 0.05) is 53.6 Å². The van der Waals surface area contributed by atoms with Crippen molar-refractivity contribution >= 4 is 11.8 Å². The predicted molar refractivity (Wildman–Crippen MR) is 96.6 cm³/mol. The Morgan fingerprint density at radius 1 is 1.46 bits per heavy atom. The molecule has 7 nitrogen and oxygen atoms in total. The standard InChI is InChI=1S/C17H29N5O2/c1-18-17(20-7-4-9-24-15-6-10-23-13-15)21-12-14-5-8-19-16(11-14)22(2)3/h5,8,11,15H,4,6-7,9-10,12-13H2,1-3H3,(H2,18,20,21). The molecule has 24 heavy (non-hydrogen) atoms. The highest BCUT2D eigenvalue weighted by molar-refractivity contribution is 5.79. The molecule has 2 N–H and O–H groups in total. The van der Waals surface area contributed by atoms with Crippen LogP contribution in [0.4, 0.5) is 5.82 Å². The first-order valence-electron chi connectivity index (χ1n) is 8.45. The van der Waals surface area contributed by atoms with Crippen molar-refractivity contribution < 1.29 is 9.47 Å². The zero-order valence-corrected chi connectivity index (χ0v) is 14.9. The van der Waals surface area contributed by atoms with Gasteiger partial charge in [-0.05, 0) is 30.5 Å². The maximum Gasteiger partial charge on any atom is 0.191 e. The first-order chi connectivity index (χ1) is 11.7. The van der Waals surface area contributed by atoms with E-state index in [-0.39, 0.29) is 6.10 Å². The lowest BCUT2D eigenvalue weighted by Gasteiger charge is -2.15. The van der Waals surface area contributed by atoms with Crippen LogP contribution >= 0.6 is 0 Å². The molecule has 1 unspecified atom stereocenters. The minimum atomic E-state index is 0.278. The molecule has 2 rings (SSSR count). The van der Waals surface area contributed by atoms with Crippen LogP contribution in [0.3, 0.4) is 0 Å². The summed E-state index contributed by atoms with van der Waals surface area (Å²) in [5, 5.41) is 6.62. The van der Waals surface area contributed by atoms with Crippen LogP contribution in [0.5, 0.6) is 0 Å². The predicted octanol–water partition coefficient (Wildman–Crippen LogP) is 1.01. The Morgan fingerprint density at radius 3 is 3.04 bits per heavy atom. The van der Waals surface area contributed by atoms with Crippen molar-refractivity contribution in [3.8, 4) is 0 Å². The highest BCUT2D eigenvalue weighted by atomic mass is 16.5. The molecule has 1 fully saturated rings. The van der Waals surface area contributed by atoms with Crippen molar-refractivity contribution in [2.75, 3.05) is 52.4 Å². The topological polar surface area (TPSA) is 71.0 Å². The molecule has 2 heterocycles. The van der Waals surface area contributed by atoms with Gasteiger partial charge in [-0.3, -0.25) is 4.99 Å². The van der Waals surface area contributed by atoms with E-state index < -0.39 is 0 Å². The van der Waals surface area contributed by atoms with Crippen molar-refractivity contribution in [1.82, 2.24) is 15.6 Å². The molecule has 0 spiro atoms. The van der Waals surface area contributed by atoms with Crippen molar-refractivity contribution in [2.24, 2.45) is 4.99 Å². The van der Waals surface area contributed by atoms with Gasteiger partial charge in [0.2, 0.25) is 0 Å². The Morgan fingerprint density at radius 2 is 2.33 bits per heavy atom. The normalized spacial score (nSPS) is 17.8. The molecule has 0 bridgehead atoms. The Bertz CT molecular complexity index is 515. The average molecular weight is 335 g/mol. The highest BCUT2D eigenvalue weighted by Crippen LogP contribution is 2.09. The second kappa shape index (κ2) is 10.1. The van der Waals surface area contributed by atoms with E-state index in [2.05, 4.69) is 26.7 Å². The van der Waals surface area contributed by atoms with E-state index in [9.17, 15) is 0 Å². The van der Waals surface area contributed by atoms with Crippen molar-refractivity contribution in [3.63, 3.8) is 0 Å². The SMILES string of the molecule is CN=C(NCCCOC1CCOC1)NCc1ccnc(N(C)C)c1. The van der Waals surface area contributed by atoms with E-state index in [0.717, 1.165) is 51.0 Å². The molecule has 1 aromatic heterocycles. The molecule has 134 valence electrons. The minimum absolute atomic E-state index is 0.278. The van der Waals surface area contributed by atoms with Crippen LogP contribution in [0.25, 0.3) is 0 Å². The fourth-order valence-corrected chi connectivity index (χ4v) is 2.39. The molecule has 7 heteroatoms. The fraction of sp³-hybridized carbons (Fsp3) is 0.647. The molecule has 1 aliphatic heterocycles. The maximum absolute atomic E-state index is 5.75. The van der Waals surface area contributed by atoms with Gasteiger partial charge in [0.05, 0.1) is 12.7 Å². The summed E-state index contributed by atoms with van der Waals surface area (Å²) in [6, 6.07) is 4.07. The third kappa shape index (κ3) is 6.33. The number of aromatic nitrogens is 1. The largest absolute Gasteiger partial charge is 0.379 e. The van der Waals surface area contributed by atoms with Crippen LogP contribution in [0.2, 0.25) is 0 Å². The first-order valence-corrected chi connectivity index (χ1v) is 8.45. The van der Waals surface area contributed by atoms with E-state index in [1.807, 2.05) is 31.3 Å². The third-order valence-electron chi connectivity index (χ3n) is 3.81. The summed E-state index contributed by atoms with van der Waals surface area (Å²) in [7, 11) is 5.75. The van der Waals surface area contributed by atoms with Gasteiger partial charge in [0.1, 0.15) is 5.82 Å². The van der Waals surface area contributed by atoms with Crippen LogP contribution in [-0.2, 0) is 16.0 Å². The van der Waals surface area contributed by atoms with Crippen molar-refractivity contribution in [1.29, 1.82) is 0 Å². The molecular weight excluding hydrogens is 306 g/mol. The monoisotopic (exact) mass is 335 g/mol. The summed E-state index contributed by atoms with van der Waals surface area (Å²) in [5.41, 5.74) is 1.17. The quantitative estimate of drug-likeness (QED) is 0.420. The smallest absolute Gasteiger partial charge is 0.191 e. The summed E-state index contributed by atoms with van der Waals surface area (Å²) in [4.78, 5) is 10.6. The summed E-state index contributed by atoms with van der Waals surface area (Å²) in [6.07, 6.45) is 4.06. The molecule has 1 aliphatic rings. The molecule has 0 aromatic carbocycles. The average Bonchev–Trinajstić information content (AvgIpc) is 3.11. The minimum Gasteiger partial charge on any atom is -0.379 e. The number of pyridine rings is 1. The number of nitrogens with zero attached hydrogens (tertiary/aromatic N) is 3. The number of anilines is 1. The van der Waals surface area contributed by atoms with Gasteiger partial charge < -0.3 is 25.0 Å². The van der Waals surface area contributed by atoms with E-state index in [0.29, 0.717) is 6.54 Å². The molecule has 0 saturated carbocycles. The molecule has 0 amide bonds. The summed E-state index contributed by atoms with van der Waals surface area (Å²) in [5.74, 6) is 1.74. The van der Waals surface area contributed by atoms with Gasteiger partial charge in [-0.1, -0.05) is 0 Å². The van der Waals surface area contributed by atoms with E-state index in [4.69, 9.17) is 9.47 Å². The van der Waals surface area contributed by atoms with Crippen molar-refractivity contribution in [2.45, 2.75) is 25.5 Å². The van der Waals surface area contributed by atoms with Crippen LogP contribution in [0.1, 0.15) is 18.4 Å². The van der Waals surface area contributed by atoms with Crippen LogP contribution in [0.15, 0.2) is 23.3 Å². The Hall–Kier alpha value is -1.86.